The van der Waals surface area contributed by atoms with E-state index in [4.69, 9.17) is 0 Å². The second-order valence-corrected chi connectivity index (χ2v) is 5.43. The molecule has 1 heterocycles. The number of rotatable bonds is 7. The minimum Gasteiger partial charge on any atom is -0.338 e. The van der Waals surface area contributed by atoms with Crippen LogP contribution in [0.5, 0.6) is 0 Å². The Morgan fingerprint density at radius 3 is 2.53 bits per heavy atom. The van der Waals surface area contributed by atoms with Crippen molar-refractivity contribution in [3.05, 3.63) is 12.2 Å². The summed E-state index contributed by atoms with van der Waals surface area (Å²) in [5, 5.41) is 3.42. The summed E-state index contributed by atoms with van der Waals surface area (Å²) in [7, 11) is 0. The molecule has 1 atom stereocenters. The second-order valence-electron chi connectivity index (χ2n) is 5.43. The van der Waals surface area contributed by atoms with Crippen LogP contribution in [0, 0.1) is 0 Å². The number of amides is 1. The van der Waals surface area contributed by atoms with Crippen molar-refractivity contribution in [1.82, 2.24) is 15.1 Å². The molecule has 19 heavy (non-hydrogen) atoms. The highest BCUT2D eigenvalue weighted by atomic mass is 16.2. The van der Waals surface area contributed by atoms with Gasteiger partial charge in [0.15, 0.2) is 0 Å². The van der Waals surface area contributed by atoms with E-state index in [2.05, 4.69) is 23.7 Å². The first-order valence-corrected chi connectivity index (χ1v) is 7.45. The number of hydrogen-bond acceptors (Lipinski definition) is 3. The van der Waals surface area contributed by atoms with E-state index in [1.54, 1.807) is 0 Å². The van der Waals surface area contributed by atoms with Crippen LogP contribution in [-0.2, 0) is 4.79 Å². The Labute approximate surface area is 117 Å². The minimum absolute atomic E-state index is 0.220. The van der Waals surface area contributed by atoms with Crippen molar-refractivity contribution in [1.29, 1.82) is 0 Å². The van der Waals surface area contributed by atoms with Crippen molar-refractivity contribution < 1.29 is 4.79 Å². The van der Waals surface area contributed by atoms with Gasteiger partial charge in [0.2, 0.25) is 5.91 Å². The van der Waals surface area contributed by atoms with E-state index in [0.29, 0.717) is 19.1 Å². The predicted molar refractivity (Wildman–Crippen MR) is 80.2 cm³/mol. The Hall–Kier alpha value is -0.870. The lowest BCUT2D eigenvalue weighted by Crippen LogP contribution is -2.50. The molecule has 0 radical (unpaired) electrons. The van der Waals surface area contributed by atoms with Crippen LogP contribution in [-0.4, -0.2) is 61.0 Å². The number of piperidine rings is 1. The molecule has 0 spiro atoms. The molecular weight excluding hydrogens is 238 g/mol. The normalized spacial score (nSPS) is 19.5. The van der Waals surface area contributed by atoms with E-state index in [9.17, 15) is 4.79 Å². The van der Waals surface area contributed by atoms with Gasteiger partial charge in [-0.2, -0.15) is 0 Å². The average molecular weight is 267 g/mol. The van der Waals surface area contributed by atoms with Gasteiger partial charge in [-0.05, 0) is 39.8 Å². The maximum Gasteiger partial charge on any atom is 0.237 e. The number of hydrogen-bond donors (Lipinski definition) is 1. The highest BCUT2D eigenvalue weighted by Crippen LogP contribution is 2.10. The van der Waals surface area contributed by atoms with Crippen molar-refractivity contribution in [2.45, 2.75) is 39.7 Å². The molecule has 1 aliphatic heterocycles. The fourth-order valence-electron chi connectivity index (χ4n) is 2.62. The Morgan fingerprint density at radius 2 is 2.05 bits per heavy atom. The van der Waals surface area contributed by atoms with Crippen LogP contribution < -0.4 is 5.32 Å². The van der Waals surface area contributed by atoms with Crippen molar-refractivity contribution in [2.75, 3.05) is 39.3 Å². The van der Waals surface area contributed by atoms with Crippen molar-refractivity contribution in [2.24, 2.45) is 0 Å². The van der Waals surface area contributed by atoms with Crippen LogP contribution >= 0.6 is 0 Å². The van der Waals surface area contributed by atoms with E-state index in [-0.39, 0.29) is 5.91 Å². The van der Waals surface area contributed by atoms with Gasteiger partial charge in [0, 0.05) is 25.7 Å². The summed E-state index contributed by atoms with van der Waals surface area (Å²) in [6.45, 7) is 15.0. The molecular formula is C15H29N3O. The maximum atomic E-state index is 12.3. The highest BCUT2D eigenvalue weighted by Gasteiger charge is 2.23. The summed E-state index contributed by atoms with van der Waals surface area (Å²) in [5.41, 5.74) is 1.04. The van der Waals surface area contributed by atoms with E-state index < -0.39 is 0 Å². The van der Waals surface area contributed by atoms with Gasteiger partial charge in [-0.25, -0.2) is 0 Å². The SMILES string of the molecule is C=C(C)CN(CC)C(=O)CN(CC)C1CCCNC1. The third-order valence-electron chi connectivity index (χ3n) is 3.73. The third kappa shape index (κ3) is 5.33. The Bertz CT molecular complexity index is 298. The molecule has 0 aromatic carbocycles. The van der Waals surface area contributed by atoms with Crippen molar-refractivity contribution >= 4 is 5.91 Å². The quantitative estimate of drug-likeness (QED) is 0.710. The summed E-state index contributed by atoms with van der Waals surface area (Å²) >= 11 is 0. The Morgan fingerprint density at radius 1 is 1.32 bits per heavy atom. The predicted octanol–water partition coefficient (Wildman–Crippen LogP) is 1.48. The number of nitrogens with one attached hydrogen (secondary N) is 1. The molecule has 0 aromatic heterocycles. The standard InChI is InChI=1S/C15H29N3O/c1-5-17(14-8-7-9-16-10-14)12-15(19)18(6-2)11-13(3)4/h14,16H,3,5-12H2,1-2,4H3. The lowest BCUT2D eigenvalue weighted by atomic mass is 10.1. The molecule has 0 saturated carbocycles. The maximum absolute atomic E-state index is 12.3. The molecule has 1 aliphatic rings. The zero-order valence-electron chi connectivity index (χ0n) is 12.7. The van der Waals surface area contributed by atoms with E-state index in [1.807, 2.05) is 18.7 Å². The van der Waals surface area contributed by atoms with Gasteiger partial charge >= 0.3 is 0 Å². The molecule has 1 unspecified atom stereocenters. The largest absolute Gasteiger partial charge is 0.338 e. The van der Waals surface area contributed by atoms with Gasteiger partial charge in [-0.1, -0.05) is 19.1 Å². The van der Waals surface area contributed by atoms with Crippen LogP contribution in [0.25, 0.3) is 0 Å². The lowest BCUT2D eigenvalue weighted by Gasteiger charge is -2.34. The minimum atomic E-state index is 0.220. The van der Waals surface area contributed by atoms with Crippen LogP contribution in [0.4, 0.5) is 0 Å². The smallest absolute Gasteiger partial charge is 0.237 e. The summed E-state index contributed by atoms with van der Waals surface area (Å²) in [6.07, 6.45) is 2.40. The summed E-state index contributed by atoms with van der Waals surface area (Å²) in [5.74, 6) is 0.220. The Kier molecular flexibility index (Phi) is 7.10. The first-order valence-electron chi connectivity index (χ1n) is 7.45. The molecule has 0 bridgehead atoms. The molecule has 1 saturated heterocycles. The topological polar surface area (TPSA) is 35.6 Å². The summed E-state index contributed by atoms with van der Waals surface area (Å²) in [4.78, 5) is 16.5. The van der Waals surface area contributed by atoms with E-state index >= 15 is 0 Å². The van der Waals surface area contributed by atoms with Crippen molar-refractivity contribution in [3.8, 4) is 0 Å². The fourth-order valence-corrected chi connectivity index (χ4v) is 2.62. The van der Waals surface area contributed by atoms with Crippen molar-refractivity contribution in [3.63, 3.8) is 0 Å². The molecule has 1 amide bonds. The number of nitrogens with zero attached hydrogens (tertiary/aromatic N) is 2. The number of likely N-dealkylation sites (N-methyl/N-ethyl adjacent to an activating group) is 2. The van der Waals surface area contributed by atoms with Gasteiger partial charge in [-0.15, -0.1) is 0 Å². The Balaban J connectivity index is 2.52. The molecule has 4 nitrogen and oxygen atoms in total. The fraction of sp³-hybridized carbons (Fsp3) is 0.800. The first-order chi connectivity index (χ1) is 9.08. The van der Waals surface area contributed by atoms with E-state index in [1.165, 1.54) is 12.8 Å². The first kappa shape index (κ1) is 16.2. The lowest BCUT2D eigenvalue weighted by molar-refractivity contribution is -0.132. The van der Waals surface area contributed by atoms with Crippen LogP contribution in [0.15, 0.2) is 12.2 Å². The molecule has 0 aromatic rings. The highest BCUT2D eigenvalue weighted by molar-refractivity contribution is 5.78. The van der Waals surface area contributed by atoms with Crippen LogP contribution in [0.2, 0.25) is 0 Å². The van der Waals surface area contributed by atoms with E-state index in [0.717, 1.165) is 31.8 Å². The van der Waals surface area contributed by atoms with Gasteiger partial charge in [0.05, 0.1) is 6.54 Å². The molecule has 1 rings (SSSR count). The monoisotopic (exact) mass is 267 g/mol. The molecule has 1 fully saturated rings. The van der Waals surface area contributed by atoms with Gasteiger partial charge in [-0.3, -0.25) is 9.69 Å². The number of carbonyl (C=O) groups excluding carboxylic acids is 1. The molecule has 110 valence electrons. The zero-order chi connectivity index (χ0) is 14.3. The van der Waals surface area contributed by atoms with Gasteiger partial charge in [0.1, 0.15) is 0 Å². The summed E-state index contributed by atoms with van der Waals surface area (Å²) in [6, 6.07) is 0.506. The molecule has 1 N–H and O–H groups in total. The molecule has 0 aliphatic carbocycles. The van der Waals surface area contributed by atoms with Gasteiger partial charge in [0.25, 0.3) is 0 Å². The number of carbonyl (C=O) groups is 1. The van der Waals surface area contributed by atoms with Gasteiger partial charge < -0.3 is 10.2 Å². The second kappa shape index (κ2) is 8.33. The average Bonchev–Trinajstić information content (AvgIpc) is 2.42. The zero-order valence-corrected chi connectivity index (χ0v) is 12.7. The third-order valence-corrected chi connectivity index (χ3v) is 3.73. The summed E-state index contributed by atoms with van der Waals surface area (Å²) < 4.78 is 0. The van der Waals surface area contributed by atoms with Crippen LogP contribution in [0.3, 0.4) is 0 Å². The molecule has 4 heteroatoms. The van der Waals surface area contributed by atoms with Crippen LogP contribution in [0.1, 0.15) is 33.6 Å².